The molecule has 2 aromatic carbocycles. The molecule has 0 atom stereocenters. The Hall–Kier alpha value is -2.05. The molecule has 0 aliphatic heterocycles. The Balaban J connectivity index is 0.00000210. The summed E-state index contributed by atoms with van der Waals surface area (Å²) in [5.41, 5.74) is 5.65. The molecule has 2 aromatic heterocycles. The van der Waals surface area contributed by atoms with E-state index in [0.717, 1.165) is 37.8 Å². The van der Waals surface area contributed by atoms with Crippen LogP contribution in [0.1, 0.15) is 16.7 Å². The zero-order valence-electron chi connectivity index (χ0n) is 14.8. The van der Waals surface area contributed by atoms with Gasteiger partial charge in [0.1, 0.15) is 16.9 Å². The van der Waals surface area contributed by atoms with Crippen molar-refractivity contribution in [2.75, 3.05) is 0 Å². The first-order valence-corrected chi connectivity index (χ1v) is 9.09. The average molecular weight is 492 g/mol. The zero-order valence-corrected chi connectivity index (χ0v) is 18.0. The number of rotatable bonds is 3. The van der Waals surface area contributed by atoms with Crippen molar-refractivity contribution in [3.63, 3.8) is 0 Å². The minimum absolute atomic E-state index is 0. The van der Waals surface area contributed by atoms with Gasteiger partial charge in [0.25, 0.3) is 0 Å². The van der Waals surface area contributed by atoms with Crippen molar-refractivity contribution in [1.82, 2.24) is 4.98 Å². The van der Waals surface area contributed by atoms with E-state index in [2.05, 4.69) is 27.0 Å². The molecule has 0 aliphatic rings. The maximum atomic E-state index is 13.4. The Kier molecular flexibility index (Phi) is 5.77. The second kappa shape index (κ2) is 7.90. The molecule has 27 heavy (non-hydrogen) atoms. The zero-order chi connectivity index (χ0) is 18.3. The van der Waals surface area contributed by atoms with Crippen molar-refractivity contribution < 1.29 is 30.4 Å². The Labute approximate surface area is 175 Å². The van der Waals surface area contributed by atoms with E-state index in [1.54, 1.807) is 12.1 Å². The standard InChI is InChI=1S/C21H17BrFN2O.BrH/c1-13-6-14(2)20-19(7-13)24-21(26-20)16-9-17(22)12-25(11-16)10-15-4-3-5-18(23)8-15;/h3-9,11-12H,10H2,1-2H3;1H/q+1;/p-1. The predicted molar refractivity (Wildman–Crippen MR) is 102 cm³/mol. The lowest BCUT2D eigenvalue weighted by atomic mass is 10.1. The first kappa shape index (κ1) is 19.7. The van der Waals surface area contributed by atoms with Crippen molar-refractivity contribution in [3.05, 3.63) is 81.8 Å². The summed E-state index contributed by atoms with van der Waals surface area (Å²) < 4.78 is 22.3. The molecular weight excluding hydrogens is 475 g/mol. The fraction of sp³-hybridized carbons (Fsp3) is 0.143. The van der Waals surface area contributed by atoms with Gasteiger partial charge in [-0.25, -0.2) is 9.37 Å². The number of benzene rings is 2. The molecule has 0 radical (unpaired) electrons. The Morgan fingerprint density at radius 1 is 1.11 bits per heavy atom. The molecule has 0 aliphatic carbocycles. The number of halogens is 3. The van der Waals surface area contributed by atoms with Crippen molar-refractivity contribution in [1.29, 1.82) is 0 Å². The van der Waals surface area contributed by atoms with E-state index < -0.39 is 0 Å². The first-order chi connectivity index (χ1) is 12.5. The molecule has 0 unspecified atom stereocenters. The third-order valence-corrected chi connectivity index (χ3v) is 4.64. The number of hydrogen-bond donors (Lipinski definition) is 0. The summed E-state index contributed by atoms with van der Waals surface area (Å²) in [5.74, 6) is 0.339. The van der Waals surface area contributed by atoms with E-state index in [0.29, 0.717) is 12.4 Å². The summed E-state index contributed by atoms with van der Waals surface area (Å²) in [6.45, 7) is 4.63. The van der Waals surface area contributed by atoms with Gasteiger partial charge in [0, 0.05) is 5.56 Å². The highest BCUT2D eigenvalue weighted by Gasteiger charge is 2.16. The van der Waals surface area contributed by atoms with Gasteiger partial charge in [-0.3, -0.25) is 0 Å². The van der Waals surface area contributed by atoms with Crippen LogP contribution in [0.25, 0.3) is 22.6 Å². The summed E-state index contributed by atoms with van der Waals surface area (Å²) in [7, 11) is 0. The molecule has 0 fully saturated rings. The van der Waals surface area contributed by atoms with Crippen LogP contribution in [0.4, 0.5) is 4.39 Å². The maximum absolute atomic E-state index is 13.4. The number of oxazole rings is 1. The SMILES string of the molecule is Cc1cc(C)c2oc(-c3cc(Br)c[n+](Cc4cccc(F)c4)c3)nc2c1.[Br-]. The fourth-order valence-electron chi connectivity index (χ4n) is 3.15. The smallest absolute Gasteiger partial charge is 0.233 e. The maximum Gasteiger partial charge on any atom is 0.233 e. The van der Waals surface area contributed by atoms with Crippen LogP contribution in [0.2, 0.25) is 0 Å². The Morgan fingerprint density at radius 3 is 2.70 bits per heavy atom. The van der Waals surface area contributed by atoms with E-state index in [4.69, 9.17) is 4.42 Å². The van der Waals surface area contributed by atoms with Gasteiger partial charge in [0.05, 0.1) is 4.47 Å². The van der Waals surface area contributed by atoms with Gasteiger partial charge < -0.3 is 21.4 Å². The quantitative estimate of drug-likeness (QED) is 0.412. The molecule has 0 saturated carbocycles. The van der Waals surface area contributed by atoms with Gasteiger partial charge >= 0.3 is 0 Å². The minimum Gasteiger partial charge on any atom is -1.00 e. The molecule has 2 heterocycles. The Morgan fingerprint density at radius 2 is 1.93 bits per heavy atom. The van der Waals surface area contributed by atoms with Crippen LogP contribution in [0, 0.1) is 19.7 Å². The third-order valence-electron chi connectivity index (χ3n) is 4.21. The normalized spacial score (nSPS) is 10.8. The number of aromatic nitrogens is 2. The third kappa shape index (κ3) is 4.28. The van der Waals surface area contributed by atoms with E-state index in [1.807, 2.05) is 49.0 Å². The largest absolute Gasteiger partial charge is 1.00 e. The highest BCUT2D eigenvalue weighted by Crippen LogP contribution is 2.28. The van der Waals surface area contributed by atoms with Crippen molar-refractivity contribution >= 4 is 27.0 Å². The molecule has 0 saturated heterocycles. The van der Waals surface area contributed by atoms with Crippen LogP contribution in [0.5, 0.6) is 0 Å². The summed E-state index contributed by atoms with van der Waals surface area (Å²) in [6, 6.07) is 12.7. The van der Waals surface area contributed by atoms with E-state index in [9.17, 15) is 4.39 Å². The monoisotopic (exact) mass is 490 g/mol. The summed E-state index contributed by atoms with van der Waals surface area (Å²) in [6.07, 6.45) is 3.91. The second-order valence-electron chi connectivity index (χ2n) is 6.49. The van der Waals surface area contributed by atoms with Gasteiger partial charge in [-0.05, 0) is 65.2 Å². The summed E-state index contributed by atoms with van der Waals surface area (Å²) in [4.78, 5) is 4.65. The van der Waals surface area contributed by atoms with Gasteiger partial charge in [-0.15, -0.1) is 0 Å². The van der Waals surface area contributed by atoms with E-state index in [-0.39, 0.29) is 22.8 Å². The van der Waals surface area contributed by atoms with E-state index in [1.165, 1.54) is 6.07 Å². The molecule has 6 heteroatoms. The number of hydrogen-bond acceptors (Lipinski definition) is 2. The number of fused-ring (bicyclic) bond motifs is 1. The van der Waals surface area contributed by atoms with Crippen LogP contribution in [-0.2, 0) is 6.54 Å². The molecule has 4 aromatic rings. The molecule has 4 rings (SSSR count). The van der Waals surface area contributed by atoms with Crippen LogP contribution in [0.15, 0.2) is 63.7 Å². The molecule has 138 valence electrons. The van der Waals surface area contributed by atoms with Gasteiger partial charge in [-0.2, -0.15) is 4.57 Å². The minimum atomic E-state index is -0.233. The average Bonchev–Trinajstić information content (AvgIpc) is 2.98. The second-order valence-corrected chi connectivity index (χ2v) is 7.41. The first-order valence-electron chi connectivity index (χ1n) is 8.30. The van der Waals surface area contributed by atoms with Gasteiger partial charge in [-0.1, -0.05) is 18.2 Å². The fourth-order valence-corrected chi connectivity index (χ4v) is 3.66. The Bertz CT molecular complexity index is 1120. The predicted octanol–water partition coefficient (Wildman–Crippen LogP) is 2.35. The highest BCUT2D eigenvalue weighted by atomic mass is 79.9. The number of aryl methyl sites for hydroxylation is 2. The molecule has 0 N–H and O–H groups in total. The molecular formula is C21H17Br2FN2O. The molecule has 0 amide bonds. The van der Waals surface area contributed by atoms with Crippen LogP contribution < -0.4 is 21.5 Å². The molecule has 0 spiro atoms. The molecule has 0 bridgehead atoms. The number of nitrogens with zero attached hydrogens (tertiary/aromatic N) is 2. The van der Waals surface area contributed by atoms with Crippen molar-refractivity contribution in [3.8, 4) is 11.5 Å². The van der Waals surface area contributed by atoms with Crippen LogP contribution >= 0.6 is 15.9 Å². The molecule has 3 nitrogen and oxygen atoms in total. The summed E-state index contributed by atoms with van der Waals surface area (Å²) in [5, 5.41) is 0. The van der Waals surface area contributed by atoms with Crippen molar-refractivity contribution in [2.45, 2.75) is 20.4 Å². The van der Waals surface area contributed by atoms with Crippen molar-refractivity contribution in [2.24, 2.45) is 0 Å². The highest BCUT2D eigenvalue weighted by molar-refractivity contribution is 9.10. The topological polar surface area (TPSA) is 29.9 Å². The lowest BCUT2D eigenvalue weighted by Crippen LogP contribution is -3.00. The lowest BCUT2D eigenvalue weighted by molar-refractivity contribution is -0.688. The van der Waals surface area contributed by atoms with Gasteiger partial charge in [0.2, 0.25) is 5.89 Å². The lowest BCUT2D eigenvalue weighted by Gasteiger charge is -2.01. The van der Waals surface area contributed by atoms with Crippen LogP contribution in [0.3, 0.4) is 0 Å². The van der Waals surface area contributed by atoms with Crippen LogP contribution in [-0.4, -0.2) is 4.98 Å². The number of pyridine rings is 1. The van der Waals surface area contributed by atoms with E-state index >= 15 is 0 Å². The summed E-state index contributed by atoms with van der Waals surface area (Å²) >= 11 is 3.54. The van der Waals surface area contributed by atoms with Gasteiger partial charge in [0.15, 0.2) is 24.5 Å².